The van der Waals surface area contributed by atoms with Crippen molar-refractivity contribution in [3.05, 3.63) is 12.7 Å². The van der Waals surface area contributed by atoms with Crippen LogP contribution < -0.4 is 5.73 Å². The molecular weight excluding hydrogens is 637 g/mol. The summed E-state index contributed by atoms with van der Waals surface area (Å²) in [5.41, 5.74) is 3.90. The van der Waals surface area contributed by atoms with Gasteiger partial charge >= 0.3 is 7.82 Å². The monoisotopic (exact) mass is 679 g/mol. The van der Waals surface area contributed by atoms with Gasteiger partial charge in [0, 0.05) is 22.3 Å². The predicted octanol–water partition coefficient (Wildman–Crippen LogP) is 4.29. The van der Waals surface area contributed by atoms with Gasteiger partial charge in [-0.15, -0.1) is 11.8 Å². The van der Waals surface area contributed by atoms with Crippen LogP contribution in [0.4, 0.5) is 5.82 Å². The molecule has 0 aromatic carbocycles. The van der Waals surface area contributed by atoms with Crippen LogP contribution in [0.3, 0.4) is 0 Å². The maximum atomic E-state index is 13.8. The van der Waals surface area contributed by atoms with Gasteiger partial charge in [0.2, 0.25) is 0 Å². The summed E-state index contributed by atoms with van der Waals surface area (Å²) in [5.74, 6) is 0.615. The molecule has 1 aliphatic heterocycles. The topological polar surface area (TPSA) is 189 Å². The average Bonchev–Trinajstić information content (AvgIpc) is 3.42. The van der Waals surface area contributed by atoms with Crippen LogP contribution in [0.1, 0.15) is 60.8 Å². The minimum atomic E-state index is -4.23. The molecule has 242 valence electrons. The van der Waals surface area contributed by atoms with Gasteiger partial charge in [-0.25, -0.2) is 19.5 Å². The minimum Gasteiger partial charge on any atom is -0.389 e. The van der Waals surface area contributed by atoms with E-state index in [1.807, 2.05) is 0 Å². The molecule has 0 bridgehead atoms. The summed E-state index contributed by atoms with van der Waals surface area (Å²) in [6, 6.07) is 0. The number of carbonyl (C=O) groups is 2. The number of nitrogens with zero attached hydrogens (tertiary/aromatic N) is 4. The zero-order chi connectivity index (χ0) is 32.4. The highest BCUT2D eigenvalue weighted by atomic mass is 32.2. The van der Waals surface area contributed by atoms with Gasteiger partial charge in [-0.3, -0.25) is 27.7 Å². The molecule has 0 spiro atoms. The van der Waals surface area contributed by atoms with Crippen molar-refractivity contribution in [3.63, 3.8) is 0 Å². The number of imidazole rings is 1. The molecule has 0 aliphatic carbocycles. The molecule has 0 radical (unpaired) electrons. The van der Waals surface area contributed by atoms with Crippen molar-refractivity contribution < 1.29 is 37.9 Å². The third-order valence-corrected chi connectivity index (χ3v) is 12.4. The fourth-order valence-electron chi connectivity index (χ4n) is 3.96. The number of nitrogen functional groups attached to an aromatic ring is 1. The molecule has 2 aromatic heterocycles. The Balaban J connectivity index is 1.74. The molecule has 0 amide bonds. The van der Waals surface area contributed by atoms with Crippen LogP contribution in [0.15, 0.2) is 12.7 Å². The summed E-state index contributed by atoms with van der Waals surface area (Å²) >= 11 is 3.30. The van der Waals surface area contributed by atoms with E-state index in [4.69, 9.17) is 19.3 Å². The Bertz CT molecular complexity index is 1310. The van der Waals surface area contributed by atoms with Crippen molar-refractivity contribution in [2.75, 3.05) is 30.5 Å². The van der Waals surface area contributed by atoms with Crippen molar-refractivity contribution in [2.45, 2.75) is 83.8 Å². The molecule has 2 aromatic rings. The standard InChI is InChI=1S/C26H42N5O8PS3/c1-15(17-18(32)26(8,35)21(43-17)31-14-30-16-19(27)28-13-29-20(16)31)39-40(36,37-9-11-41-22(33)24(2,3)4)38-10-12-42-23(34)25(5,6)7/h13-15,17-18,21,32,35H,9-12H2,1-8H3,(H2,27,28,29)/t15-,17?,18-,21-,26-/m1/s1. The number of hydrogen-bond donors (Lipinski definition) is 3. The zero-order valence-electron chi connectivity index (χ0n) is 25.7. The lowest BCUT2D eigenvalue weighted by Gasteiger charge is -2.30. The van der Waals surface area contributed by atoms with E-state index < -0.39 is 47.1 Å². The van der Waals surface area contributed by atoms with Crippen LogP contribution in [0, 0.1) is 10.8 Å². The third-order valence-electron chi connectivity index (χ3n) is 6.45. The van der Waals surface area contributed by atoms with Crippen LogP contribution >= 0.6 is 43.1 Å². The Morgan fingerprint density at radius 2 is 1.63 bits per heavy atom. The summed E-state index contributed by atoms with van der Waals surface area (Å²) in [5, 5.41) is 20.9. The summed E-state index contributed by atoms with van der Waals surface area (Å²) in [6.45, 7) is 13.7. The molecule has 17 heteroatoms. The van der Waals surface area contributed by atoms with Crippen LogP contribution in [0.5, 0.6) is 0 Å². The first-order valence-corrected chi connectivity index (χ1v) is 18.1. The smallest absolute Gasteiger partial charge is 0.389 e. The van der Waals surface area contributed by atoms with Gasteiger partial charge in [0.05, 0.1) is 37.0 Å². The number of hydrogen-bond acceptors (Lipinski definition) is 15. The highest BCUT2D eigenvalue weighted by Crippen LogP contribution is 2.56. The largest absolute Gasteiger partial charge is 0.475 e. The Kier molecular flexibility index (Phi) is 11.8. The molecule has 3 rings (SSSR count). The Morgan fingerprint density at radius 1 is 1.09 bits per heavy atom. The Labute approximate surface area is 264 Å². The third kappa shape index (κ3) is 8.95. The molecule has 1 aliphatic rings. The lowest BCUT2D eigenvalue weighted by molar-refractivity contribution is -0.118. The van der Waals surface area contributed by atoms with Crippen molar-refractivity contribution >= 4 is 70.3 Å². The van der Waals surface area contributed by atoms with Gasteiger partial charge < -0.3 is 15.9 Å². The second-order valence-electron chi connectivity index (χ2n) is 12.4. The molecule has 1 unspecified atom stereocenters. The molecule has 1 saturated heterocycles. The van der Waals surface area contributed by atoms with E-state index in [1.54, 1.807) is 53.0 Å². The number of nitrogens with two attached hydrogens (primary N) is 1. The van der Waals surface area contributed by atoms with Crippen molar-refractivity contribution in [1.29, 1.82) is 0 Å². The number of carbonyl (C=O) groups excluding carboxylic acids is 2. The quantitative estimate of drug-likeness (QED) is 0.213. The molecular formula is C26H42N5O8PS3. The molecule has 43 heavy (non-hydrogen) atoms. The number of phosphoric ester groups is 1. The van der Waals surface area contributed by atoms with E-state index in [9.17, 15) is 24.4 Å². The zero-order valence-corrected chi connectivity index (χ0v) is 29.0. The first kappa shape index (κ1) is 36.2. The highest BCUT2D eigenvalue weighted by molar-refractivity contribution is 8.14. The molecule has 13 nitrogen and oxygen atoms in total. The van der Waals surface area contributed by atoms with Gasteiger partial charge in [0.25, 0.3) is 0 Å². The summed E-state index contributed by atoms with van der Waals surface area (Å²) < 4.78 is 32.5. The Hall–Kier alpha value is -1.23. The van der Waals surface area contributed by atoms with Gasteiger partial charge in [-0.1, -0.05) is 65.1 Å². The predicted molar refractivity (Wildman–Crippen MR) is 171 cm³/mol. The lowest BCUT2D eigenvalue weighted by Crippen LogP contribution is -2.46. The van der Waals surface area contributed by atoms with Gasteiger partial charge in [0.15, 0.2) is 21.7 Å². The first-order chi connectivity index (χ1) is 19.8. The van der Waals surface area contributed by atoms with E-state index in [0.29, 0.717) is 11.2 Å². The number of aliphatic hydroxyl groups excluding tert-OH is 1. The number of phosphoric acid groups is 1. The van der Waals surface area contributed by atoms with Crippen molar-refractivity contribution in [2.24, 2.45) is 10.8 Å². The van der Waals surface area contributed by atoms with E-state index in [2.05, 4.69) is 15.0 Å². The normalized spacial score (nSPS) is 24.0. The number of thioether (sulfide) groups is 3. The fourth-order valence-corrected chi connectivity index (χ4v) is 8.92. The summed E-state index contributed by atoms with van der Waals surface area (Å²) in [7, 11) is -4.23. The SMILES string of the molecule is C[C@@H](OP(=O)(OCCSC(=O)C(C)(C)C)OCCSC(=O)C(C)(C)C)C1S[C@@H](n2cnc3c(N)ncnc32)[C@](C)(O)[C@@H]1O. The van der Waals surface area contributed by atoms with Gasteiger partial charge in [-0.2, -0.15) is 0 Å². The molecule has 0 saturated carbocycles. The summed E-state index contributed by atoms with van der Waals surface area (Å²) in [4.78, 5) is 37.0. The van der Waals surface area contributed by atoms with E-state index >= 15 is 0 Å². The van der Waals surface area contributed by atoms with Crippen LogP contribution in [0.25, 0.3) is 11.2 Å². The van der Waals surface area contributed by atoms with E-state index in [-0.39, 0.29) is 40.8 Å². The molecule has 1 fully saturated rings. The van der Waals surface area contributed by atoms with Crippen LogP contribution in [-0.4, -0.2) is 87.7 Å². The van der Waals surface area contributed by atoms with Gasteiger partial charge in [-0.05, 0) is 13.8 Å². The van der Waals surface area contributed by atoms with Gasteiger partial charge in [0.1, 0.15) is 22.8 Å². The number of aliphatic hydroxyl groups is 2. The second-order valence-corrected chi connectivity index (χ2v) is 17.4. The first-order valence-electron chi connectivity index (χ1n) is 13.7. The number of rotatable bonds is 12. The van der Waals surface area contributed by atoms with E-state index in [0.717, 1.165) is 23.5 Å². The van der Waals surface area contributed by atoms with Crippen LogP contribution in [0.2, 0.25) is 0 Å². The van der Waals surface area contributed by atoms with Crippen LogP contribution in [-0.2, 0) is 27.7 Å². The highest BCUT2D eigenvalue weighted by Gasteiger charge is 2.55. The minimum absolute atomic E-state index is 0.0453. The second kappa shape index (κ2) is 14.0. The summed E-state index contributed by atoms with van der Waals surface area (Å²) in [6.07, 6.45) is 0.509. The number of fused-ring (bicyclic) bond motifs is 1. The number of aromatic nitrogens is 4. The van der Waals surface area contributed by atoms with Crippen molar-refractivity contribution in [3.8, 4) is 0 Å². The molecule has 4 N–H and O–H groups in total. The molecule has 3 heterocycles. The Morgan fingerprint density at radius 3 is 2.14 bits per heavy atom. The van der Waals surface area contributed by atoms with E-state index in [1.165, 1.54) is 31.3 Å². The maximum absolute atomic E-state index is 13.8. The maximum Gasteiger partial charge on any atom is 0.475 e. The average molecular weight is 680 g/mol. The lowest BCUT2D eigenvalue weighted by atomic mass is 9.94. The molecule has 5 atom stereocenters. The van der Waals surface area contributed by atoms with Crippen molar-refractivity contribution in [1.82, 2.24) is 19.5 Å². The fraction of sp³-hybridized carbons (Fsp3) is 0.731. The number of anilines is 1.